The molecule has 4 aliphatic rings. The summed E-state index contributed by atoms with van der Waals surface area (Å²) in [6, 6.07) is 10.1. The van der Waals surface area contributed by atoms with Crippen molar-refractivity contribution < 1.29 is 14.6 Å². The predicted molar refractivity (Wildman–Crippen MR) is 121 cm³/mol. The number of hydrogen-bond acceptors (Lipinski definition) is 3. The van der Waals surface area contributed by atoms with Gasteiger partial charge in [0.1, 0.15) is 11.7 Å². The van der Waals surface area contributed by atoms with Crippen molar-refractivity contribution in [1.82, 2.24) is 0 Å². The molecule has 4 saturated carbocycles. The Hall–Kier alpha value is -1.79. The van der Waals surface area contributed by atoms with Crippen molar-refractivity contribution >= 4 is 6.47 Å². The van der Waals surface area contributed by atoms with E-state index in [1.165, 1.54) is 25.7 Å². The highest BCUT2D eigenvalue weighted by molar-refractivity contribution is 5.38. The van der Waals surface area contributed by atoms with E-state index in [0.29, 0.717) is 29.6 Å². The molecule has 0 amide bonds. The van der Waals surface area contributed by atoms with Gasteiger partial charge in [-0.05, 0) is 99.0 Å². The highest BCUT2D eigenvalue weighted by Crippen LogP contribution is 2.68. The van der Waals surface area contributed by atoms with Crippen molar-refractivity contribution in [3.63, 3.8) is 0 Å². The van der Waals surface area contributed by atoms with Crippen LogP contribution in [0.4, 0.5) is 0 Å². The van der Waals surface area contributed by atoms with Crippen LogP contribution in [0.3, 0.4) is 0 Å². The molecule has 0 radical (unpaired) electrons. The molecule has 4 fully saturated rings. The van der Waals surface area contributed by atoms with Crippen molar-refractivity contribution in [2.45, 2.75) is 83.3 Å². The molecule has 4 aliphatic carbocycles. The molecule has 1 aromatic carbocycles. The molecule has 31 heavy (non-hydrogen) atoms. The number of rotatable bonds is 2. The van der Waals surface area contributed by atoms with Gasteiger partial charge in [-0.1, -0.05) is 43.9 Å². The second-order valence-electron chi connectivity index (χ2n) is 11.3. The molecule has 0 bridgehead atoms. The van der Waals surface area contributed by atoms with E-state index in [9.17, 15) is 9.90 Å². The Morgan fingerprint density at radius 2 is 1.77 bits per heavy atom. The Morgan fingerprint density at radius 3 is 2.55 bits per heavy atom. The summed E-state index contributed by atoms with van der Waals surface area (Å²) in [5.41, 5.74) is 0.338. The Labute approximate surface area is 187 Å². The van der Waals surface area contributed by atoms with Crippen LogP contribution in [0.15, 0.2) is 30.3 Å². The maximum Gasteiger partial charge on any atom is 0.293 e. The fourth-order valence-electron chi connectivity index (χ4n) is 8.34. The highest BCUT2D eigenvalue weighted by atomic mass is 16.5. The van der Waals surface area contributed by atoms with Gasteiger partial charge in [0.25, 0.3) is 6.47 Å². The van der Waals surface area contributed by atoms with E-state index in [1.54, 1.807) is 0 Å². The van der Waals surface area contributed by atoms with Gasteiger partial charge in [-0.15, -0.1) is 0 Å². The number of carbonyl (C=O) groups is 1. The first-order valence-electron chi connectivity index (χ1n) is 12.3. The van der Waals surface area contributed by atoms with Crippen molar-refractivity contribution in [2.24, 2.45) is 34.5 Å². The van der Waals surface area contributed by atoms with Gasteiger partial charge < -0.3 is 9.84 Å². The van der Waals surface area contributed by atoms with Crippen LogP contribution >= 0.6 is 0 Å². The van der Waals surface area contributed by atoms with Crippen LogP contribution in [0.5, 0.6) is 0 Å². The zero-order valence-corrected chi connectivity index (χ0v) is 19.0. The van der Waals surface area contributed by atoms with Crippen LogP contribution in [0.25, 0.3) is 0 Å². The largest absolute Gasteiger partial charge is 0.465 e. The second-order valence-corrected chi connectivity index (χ2v) is 11.3. The SMILES string of the molecule is C[C@]12CC[C@@H](OC=O)C[C@@H]1CC[C@H]1[C@H]2CC[C@@]2(C)[C@@H]1CC[C@@]2(O)C#Cc1ccccc1. The van der Waals surface area contributed by atoms with Crippen LogP contribution < -0.4 is 0 Å². The topological polar surface area (TPSA) is 46.5 Å². The lowest BCUT2D eigenvalue weighted by molar-refractivity contribution is -0.156. The van der Waals surface area contributed by atoms with Gasteiger partial charge >= 0.3 is 0 Å². The molecule has 0 aliphatic heterocycles. The van der Waals surface area contributed by atoms with Crippen molar-refractivity contribution in [3.8, 4) is 11.8 Å². The molecule has 1 aromatic rings. The number of aliphatic hydroxyl groups is 1. The molecule has 0 spiro atoms. The number of fused-ring (bicyclic) bond motifs is 5. The normalized spacial score (nSPS) is 46.0. The van der Waals surface area contributed by atoms with E-state index in [4.69, 9.17) is 4.74 Å². The van der Waals surface area contributed by atoms with E-state index >= 15 is 0 Å². The van der Waals surface area contributed by atoms with Crippen LogP contribution in [0, 0.1) is 46.3 Å². The fourth-order valence-corrected chi connectivity index (χ4v) is 8.34. The van der Waals surface area contributed by atoms with E-state index in [2.05, 4.69) is 25.7 Å². The second kappa shape index (κ2) is 7.66. The number of hydrogen-bond donors (Lipinski definition) is 1. The van der Waals surface area contributed by atoms with Crippen molar-refractivity contribution in [3.05, 3.63) is 35.9 Å². The monoisotopic (exact) mass is 420 g/mol. The van der Waals surface area contributed by atoms with Gasteiger partial charge in [0.15, 0.2) is 0 Å². The molecule has 166 valence electrons. The van der Waals surface area contributed by atoms with Crippen LogP contribution in [-0.2, 0) is 9.53 Å². The smallest absolute Gasteiger partial charge is 0.293 e. The van der Waals surface area contributed by atoms with E-state index < -0.39 is 5.60 Å². The van der Waals surface area contributed by atoms with E-state index in [1.807, 2.05) is 30.3 Å². The minimum atomic E-state index is -0.883. The van der Waals surface area contributed by atoms with Gasteiger partial charge in [0.2, 0.25) is 0 Å². The highest BCUT2D eigenvalue weighted by Gasteiger charge is 2.64. The van der Waals surface area contributed by atoms with Gasteiger partial charge in [-0.2, -0.15) is 0 Å². The fraction of sp³-hybridized carbons (Fsp3) is 0.679. The summed E-state index contributed by atoms with van der Waals surface area (Å²) in [6.45, 7) is 5.48. The van der Waals surface area contributed by atoms with Gasteiger partial charge in [-0.3, -0.25) is 4.79 Å². The summed E-state index contributed by atoms with van der Waals surface area (Å²) >= 11 is 0. The standard InChI is InChI=1S/C28H36O3/c1-26-14-11-22(31-19-29)18-21(26)8-9-23-24(26)12-15-27(2)25(23)13-17-28(27,30)16-10-20-6-4-3-5-7-20/h3-7,19,21-25,30H,8-9,11-15,17-18H2,1-2H3/t21-,22+,23-,24+,25+,26-,27-,28-/m0/s1. The maximum atomic E-state index is 11.8. The minimum Gasteiger partial charge on any atom is -0.465 e. The first-order valence-corrected chi connectivity index (χ1v) is 12.3. The maximum absolute atomic E-state index is 11.8. The first-order chi connectivity index (χ1) is 14.9. The summed E-state index contributed by atoms with van der Waals surface area (Å²) in [5.74, 6) is 9.27. The number of ether oxygens (including phenoxy) is 1. The summed E-state index contributed by atoms with van der Waals surface area (Å²) < 4.78 is 5.36. The summed E-state index contributed by atoms with van der Waals surface area (Å²) in [6.07, 6.45) is 9.95. The molecule has 0 aromatic heterocycles. The van der Waals surface area contributed by atoms with Crippen LogP contribution in [0.2, 0.25) is 0 Å². The third-order valence-corrected chi connectivity index (χ3v) is 10.2. The molecule has 3 heteroatoms. The third kappa shape index (κ3) is 3.25. The third-order valence-electron chi connectivity index (χ3n) is 10.2. The molecule has 0 heterocycles. The van der Waals surface area contributed by atoms with E-state index in [0.717, 1.165) is 43.6 Å². The van der Waals surface area contributed by atoms with Crippen molar-refractivity contribution in [1.29, 1.82) is 0 Å². The summed E-state index contributed by atoms with van der Waals surface area (Å²) in [4.78, 5) is 10.8. The molecular formula is C28H36O3. The molecule has 0 saturated heterocycles. The number of benzene rings is 1. The molecule has 3 nitrogen and oxygen atoms in total. The Kier molecular flexibility index (Phi) is 5.21. The molecule has 5 rings (SSSR count). The molecular weight excluding hydrogens is 384 g/mol. The molecule has 0 unspecified atom stereocenters. The first kappa shape index (κ1) is 21.1. The quantitative estimate of drug-likeness (QED) is 0.518. The van der Waals surface area contributed by atoms with Crippen molar-refractivity contribution in [2.75, 3.05) is 0 Å². The Morgan fingerprint density at radius 1 is 1.00 bits per heavy atom. The average Bonchev–Trinajstić information content (AvgIpc) is 3.05. The lowest BCUT2D eigenvalue weighted by Gasteiger charge is -2.61. The molecule has 1 N–H and O–H groups in total. The summed E-state index contributed by atoms with van der Waals surface area (Å²) in [7, 11) is 0. The lowest BCUT2D eigenvalue weighted by atomic mass is 9.44. The van der Waals surface area contributed by atoms with Gasteiger partial charge in [-0.25, -0.2) is 0 Å². The lowest BCUT2D eigenvalue weighted by Crippen LogP contribution is -2.56. The average molecular weight is 421 g/mol. The Bertz CT molecular complexity index is 885. The molecule has 8 atom stereocenters. The Balaban J connectivity index is 1.38. The predicted octanol–water partition coefficient (Wildman–Crippen LogP) is 5.35. The summed E-state index contributed by atoms with van der Waals surface area (Å²) in [5, 5.41) is 11.8. The van der Waals surface area contributed by atoms with Crippen LogP contribution in [0.1, 0.15) is 77.2 Å². The van der Waals surface area contributed by atoms with Gasteiger partial charge in [0, 0.05) is 11.0 Å². The zero-order valence-electron chi connectivity index (χ0n) is 19.0. The van der Waals surface area contributed by atoms with Crippen LogP contribution in [-0.4, -0.2) is 23.3 Å². The number of carbonyl (C=O) groups excluding carboxylic acids is 1. The minimum absolute atomic E-state index is 0.114. The zero-order chi connectivity index (χ0) is 21.7. The van der Waals surface area contributed by atoms with Gasteiger partial charge in [0.05, 0.1) is 0 Å². The van der Waals surface area contributed by atoms with E-state index in [-0.39, 0.29) is 11.5 Å².